The molecule has 0 spiro atoms. The number of hydrogen-bond acceptors (Lipinski definition) is 4. The zero-order valence-electron chi connectivity index (χ0n) is 11.5. The molecule has 106 valence electrons. The number of thiophene rings is 1. The van der Waals surface area contributed by atoms with Gasteiger partial charge in [0.1, 0.15) is 5.75 Å². The molecule has 1 aromatic heterocycles. The number of primary amides is 1. The number of carboxylic acid groups (broad SMARTS) is 1. The van der Waals surface area contributed by atoms with Gasteiger partial charge in [0.05, 0.1) is 0 Å². The lowest BCUT2D eigenvalue weighted by Crippen LogP contribution is -2.33. The molecule has 0 aromatic carbocycles. The Balaban J connectivity index is 3.15. The lowest BCUT2D eigenvalue weighted by Gasteiger charge is -2.15. The summed E-state index contributed by atoms with van der Waals surface area (Å²) in [5.74, 6) is -1.44. The summed E-state index contributed by atoms with van der Waals surface area (Å²) < 4.78 is 5.45. The highest BCUT2D eigenvalue weighted by molar-refractivity contribution is 7.14. The molecule has 19 heavy (non-hydrogen) atoms. The molecule has 5 nitrogen and oxygen atoms in total. The quantitative estimate of drug-likeness (QED) is 0.869. The van der Waals surface area contributed by atoms with Crippen molar-refractivity contribution in [1.29, 1.82) is 0 Å². The summed E-state index contributed by atoms with van der Waals surface area (Å²) in [7, 11) is 0. The predicted molar refractivity (Wildman–Crippen MR) is 73.9 cm³/mol. The van der Waals surface area contributed by atoms with E-state index in [0.29, 0.717) is 6.42 Å². The molecule has 0 aliphatic heterocycles. The van der Waals surface area contributed by atoms with E-state index in [9.17, 15) is 14.7 Å². The van der Waals surface area contributed by atoms with Gasteiger partial charge in [0.25, 0.3) is 5.91 Å². The fraction of sp³-hybridized carbons (Fsp3) is 0.538. The molecule has 0 bridgehead atoms. The number of carbonyl (C=O) groups is 2. The number of rotatable bonds is 5. The largest absolute Gasteiger partial charge is 0.479 e. The van der Waals surface area contributed by atoms with Crippen LogP contribution in [0.1, 0.15) is 48.7 Å². The third kappa shape index (κ3) is 3.70. The van der Waals surface area contributed by atoms with Crippen LogP contribution in [0, 0.1) is 0 Å². The minimum absolute atomic E-state index is 0.102. The van der Waals surface area contributed by atoms with Gasteiger partial charge in [-0.2, -0.15) is 0 Å². The van der Waals surface area contributed by atoms with Gasteiger partial charge in [0, 0.05) is 4.88 Å². The van der Waals surface area contributed by atoms with E-state index in [1.807, 2.05) is 20.8 Å². The van der Waals surface area contributed by atoms with Crippen molar-refractivity contribution in [2.24, 2.45) is 5.73 Å². The first-order chi connectivity index (χ1) is 8.66. The molecule has 1 heterocycles. The molecule has 0 saturated carbocycles. The Labute approximate surface area is 116 Å². The van der Waals surface area contributed by atoms with Crippen LogP contribution in [0.4, 0.5) is 0 Å². The van der Waals surface area contributed by atoms with Gasteiger partial charge in [0.15, 0.2) is 11.0 Å². The van der Waals surface area contributed by atoms with Gasteiger partial charge in [-0.3, -0.25) is 4.79 Å². The van der Waals surface area contributed by atoms with Crippen molar-refractivity contribution < 1.29 is 19.4 Å². The molecule has 1 atom stereocenters. The Kier molecular flexibility index (Phi) is 4.57. The molecule has 1 rings (SSSR count). The standard InChI is InChI=1S/C13H19NO4S/c1-5-7(11(14)15)18-8-6-9(13(2,3)4)19-10(8)12(16)17/h6-7H,5H2,1-4H3,(H2,14,15)(H,16,17). The molecule has 0 fully saturated rings. The summed E-state index contributed by atoms with van der Waals surface area (Å²) in [6, 6.07) is 1.68. The molecule has 1 aromatic rings. The molecule has 6 heteroatoms. The number of carbonyl (C=O) groups excluding carboxylic acids is 1. The first-order valence-corrected chi connectivity index (χ1v) is 6.82. The van der Waals surface area contributed by atoms with Crippen LogP contribution in [0.3, 0.4) is 0 Å². The maximum absolute atomic E-state index is 11.2. The number of ether oxygens (including phenoxy) is 1. The Hall–Kier alpha value is -1.56. The Morgan fingerprint density at radius 2 is 2.05 bits per heavy atom. The Bertz CT molecular complexity index is 487. The first-order valence-electron chi connectivity index (χ1n) is 6.00. The van der Waals surface area contributed by atoms with Crippen LogP contribution in [-0.2, 0) is 10.2 Å². The van der Waals surface area contributed by atoms with Gasteiger partial charge in [-0.05, 0) is 17.9 Å². The third-order valence-corrected chi connectivity index (χ3v) is 4.12. The van der Waals surface area contributed by atoms with Crippen LogP contribution in [-0.4, -0.2) is 23.1 Å². The van der Waals surface area contributed by atoms with E-state index in [-0.39, 0.29) is 16.0 Å². The summed E-state index contributed by atoms with van der Waals surface area (Å²) in [6.07, 6.45) is -0.407. The average molecular weight is 285 g/mol. The molecule has 0 aliphatic rings. The SMILES string of the molecule is CCC(Oc1cc(C(C)(C)C)sc1C(=O)O)C(N)=O. The van der Waals surface area contributed by atoms with Gasteiger partial charge >= 0.3 is 5.97 Å². The smallest absolute Gasteiger partial charge is 0.349 e. The van der Waals surface area contributed by atoms with Crippen molar-refractivity contribution in [3.63, 3.8) is 0 Å². The topological polar surface area (TPSA) is 89.6 Å². The maximum Gasteiger partial charge on any atom is 0.349 e. The zero-order chi connectivity index (χ0) is 14.8. The van der Waals surface area contributed by atoms with E-state index < -0.39 is 18.0 Å². The first kappa shape index (κ1) is 15.5. The average Bonchev–Trinajstić information content (AvgIpc) is 2.68. The van der Waals surface area contributed by atoms with Gasteiger partial charge in [0.2, 0.25) is 0 Å². The van der Waals surface area contributed by atoms with Crippen molar-refractivity contribution in [3.8, 4) is 5.75 Å². The maximum atomic E-state index is 11.2. The summed E-state index contributed by atoms with van der Waals surface area (Å²) in [4.78, 5) is 23.4. The van der Waals surface area contributed by atoms with E-state index >= 15 is 0 Å². The van der Waals surface area contributed by atoms with E-state index in [1.54, 1.807) is 13.0 Å². The second-order valence-electron chi connectivity index (χ2n) is 5.28. The number of nitrogens with two attached hydrogens (primary N) is 1. The summed E-state index contributed by atoms with van der Waals surface area (Å²) in [5, 5.41) is 9.18. The Morgan fingerprint density at radius 1 is 1.47 bits per heavy atom. The molecular formula is C13H19NO4S. The fourth-order valence-electron chi connectivity index (χ4n) is 1.48. The molecule has 1 amide bonds. The minimum atomic E-state index is -1.06. The summed E-state index contributed by atoms with van der Waals surface area (Å²) >= 11 is 1.16. The van der Waals surface area contributed by atoms with Crippen molar-refractivity contribution >= 4 is 23.2 Å². The van der Waals surface area contributed by atoms with E-state index in [1.165, 1.54) is 0 Å². The monoisotopic (exact) mass is 285 g/mol. The molecule has 0 saturated heterocycles. The van der Waals surface area contributed by atoms with Gasteiger partial charge in [-0.1, -0.05) is 27.7 Å². The zero-order valence-corrected chi connectivity index (χ0v) is 12.3. The highest BCUT2D eigenvalue weighted by atomic mass is 32.1. The van der Waals surface area contributed by atoms with Crippen molar-refractivity contribution in [2.75, 3.05) is 0 Å². The normalized spacial score (nSPS) is 13.1. The number of hydrogen-bond donors (Lipinski definition) is 2. The van der Waals surface area contributed by atoms with E-state index in [2.05, 4.69) is 0 Å². The third-order valence-electron chi connectivity index (χ3n) is 2.59. The summed E-state index contributed by atoms with van der Waals surface area (Å²) in [5.41, 5.74) is 5.03. The van der Waals surface area contributed by atoms with Crippen LogP contribution in [0.25, 0.3) is 0 Å². The van der Waals surface area contributed by atoms with Crippen LogP contribution in [0.2, 0.25) is 0 Å². The van der Waals surface area contributed by atoms with Crippen molar-refractivity contribution in [2.45, 2.75) is 45.6 Å². The van der Waals surface area contributed by atoms with E-state index in [0.717, 1.165) is 16.2 Å². The molecule has 0 radical (unpaired) electrons. The highest BCUT2D eigenvalue weighted by Crippen LogP contribution is 2.37. The van der Waals surface area contributed by atoms with Crippen LogP contribution in [0.15, 0.2) is 6.07 Å². The van der Waals surface area contributed by atoms with Gasteiger partial charge < -0.3 is 15.6 Å². The number of aromatic carboxylic acids is 1. The molecule has 1 unspecified atom stereocenters. The highest BCUT2D eigenvalue weighted by Gasteiger charge is 2.26. The fourth-order valence-corrected chi connectivity index (χ4v) is 2.46. The summed E-state index contributed by atoms with van der Waals surface area (Å²) in [6.45, 7) is 7.71. The minimum Gasteiger partial charge on any atom is -0.479 e. The van der Waals surface area contributed by atoms with Crippen LogP contribution in [0.5, 0.6) is 5.75 Å². The molecule has 3 N–H and O–H groups in total. The lowest BCUT2D eigenvalue weighted by molar-refractivity contribution is -0.124. The number of amides is 1. The van der Waals surface area contributed by atoms with Gasteiger partial charge in [-0.15, -0.1) is 11.3 Å². The lowest BCUT2D eigenvalue weighted by atomic mass is 9.95. The Morgan fingerprint density at radius 3 is 2.42 bits per heavy atom. The van der Waals surface area contributed by atoms with Crippen molar-refractivity contribution in [1.82, 2.24) is 0 Å². The number of carboxylic acids is 1. The van der Waals surface area contributed by atoms with Gasteiger partial charge in [-0.25, -0.2) is 4.79 Å². The molecule has 0 aliphatic carbocycles. The predicted octanol–water partition coefficient (Wildman–Crippen LogP) is 2.39. The second kappa shape index (κ2) is 5.61. The van der Waals surface area contributed by atoms with Crippen LogP contribution >= 0.6 is 11.3 Å². The molecular weight excluding hydrogens is 266 g/mol. The van der Waals surface area contributed by atoms with Crippen molar-refractivity contribution in [3.05, 3.63) is 15.8 Å². The van der Waals surface area contributed by atoms with E-state index in [4.69, 9.17) is 10.5 Å². The second-order valence-corrected chi connectivity index (χ2v) is 6.33. The van der Waals surface area contributed by atoms with Crippen LogP contribution < -0.4 is 10.5 Å².